The van der Waals surface area contributed by atoms with Gasteiger partial charge in [-0.15, -0.1) is 10.2 Å². The van der Waals surface area contributed by atoms with Crippen LogP contribution in [0.15, 0.2) is 27.2 Å². The van der Waals surface area contributed by atoms with Crippen molar-refractivity contribution >= 4 is 34.1 Å². The average Bonchev–Trinajstić information content (AvgIpc) is 3.18. The monoisotopic (exact) mass is 340 g/mol. The van der Waals surface area contributed by atoms with Gasteiger partial charge in [-0.25, -0.2) is 0 Å². The second-order valence-electron chi connectivity index (χ2n) is 4.65. The Bertz CT molecular complexity index is 557. The zero-order valence-electron chi connectivity index (χ0n) is 12.5. The fourth-order valence-corrected chi connectivity index (χ4v) is 3.27. The molecule has 0 aromatic carbocycles. The van der Waals surface area contributed by atoms with Crippen molar-refractivity contribution in [2.24, 2.45) is 0 Å². The van der Waals surface area contributed by atoms with E-state index in [9.17, 15) is 4.79 Å². The minimum absolute atomic E-state index is 0.0430. The van der Waals surface area contributed by atoms with E-state index in [1.54, 1.807) is 6.26 Å². The van der Waals surface area contributed by atoms with Gasteiger partial charge in [0.05, 0.1) is 18.6 Å². The van der Waals surface area contributed by atoms with Crippen LogP contribution in [0.4, 0.5) is 5.13 Å². The number of anilines is 1. The van der Waals surface area contributed by atoms with Crippen LogP contribution in [0, 0.1) is 0 Å². The maximum Gasteiger partial charge on any atom is 0.230 e. The molecule has 0 unspecified atom stereocenters. The Morgan fingerprint density at radius 1 is 1.41 bits per heavy atom. The lowest BCUT2D eigenvalue weighted by atomic mass is 10.2. The van der Waals surface area contributed by atoms with Gasteiger partial charge in [-0.05, 0) is 18.6 Å². The van der Waals surface area contributed by atoms with Gasteiger partial charge >= 0.3 is 0 Å². The molecule has 0 atom stereocenters. The zero-order chi connectivity index (χ0) is 15.6. The maximum absolute atomic E-state index is 11.7. The lowest BCUT2D eigenvalue weighted by molar-refractivity contribution is -0.118. The number of thioether (sulfide) groups is 1. The highest BCUT2D eigenvalue weighted by Crippen LogP contribution is 2.25. The number of carbonyl (C=O) groups excluding carboxylic acids is 1. The van der Waals surface area contributed by atoms with Crippen molar-refractivity contribution in [3.05, 3.63) is 24.2 Å². The molecule has 0 aliphatic rings. The Morgan fingerprint density at radius 3 is 3.09 bits per heavy atom. The first-order valence-corrected chi connectivity index (χ1v) is 9.07. The van der Waals surface area contributed by atoms with Gasteiger partial charge in [-0.3, -0.25) is 4.79 Å². The molecule has 0 aliphatic heterocycles. The molecule has 1 amide bonds. The molecular weight excluding hydrogens is 320 g/mol. The van der Waals surface area contributed by atoms with Gasteiger partial charge < -0.3 is 15.1 Å². The summed E-state index contributed by atoms with van der Waals surface area (Å²) in [5, 5.41) is 14.9. The van der Waals surface area contributed by atoms with Crippen molar-refractivity contribution in [2.45, 2.75) is 37.1 Å². The molecule has 0 saturated heterocycles. The van der Waals surface area contributed by atoms with Crippen LogP contribution < -0.4 is 10.6 Å². The van der Waals surface area contributed by atoms with E-state index in [0.717, 1.165) is 41.0 Å². The minimum Gasteiger partial charge on any atom is -0.467 e. The number of unbranched alkanes of at least 4 members (excludes halogenated alkanes) is 2. The van der Waals surface area contributed by atoms with Crippen molar-refractivity contribution in [3.8, 4) is 0 Å². The quantitative estimate of drug-likeness (QED) is 0.511. The summed E-state index contributed by atoms with van der Waals surface area (Å²) in [5.41, 5.74) is 0. The molecule has 2 N–H and O–H groups in total. The molecule has 0 bridgehead atoms. The molecule has 22 heavy (non-hydrogen) atoms. The second-order valence-corrected chi connectivity index (χ2v) is 6.85. The van der Waals surface area contributed by atoms with E-state index in [4.69, 9.17) is 4.42 Å². The first-order valence-electron chi connectivity index (χ1n) is 7.27. The van der Waals surface area contributed by atoms with Crippen LogP contribution in [-0.2, 0) is 11.3 Å². The number of furan rings is 1. The Hall–Kier alpha value is -1.54. The molecule has 0 aliphatic carbocycles. The highest BCUT2D eigenvalue weighted by molar-refractivity contribution is 8.01. The molecular formula is C14H20N4O2S2. The molecule has 8 heteroatoms. The van der Waals surface area contributed by atoms with Crippen molar-refractivity contribution < 1.29 is 9.21 Å². The number of carbonyl (C=O) groups is 1. The van der Waals surface area contributed by atoms with Gasteiger partial charge in [-0.2, -0.15) is 0 Å². The van der Waals surface area contributed by atoms with E-state index in [1.807, 2.05) is 12.1 Å². The van der Waals surface area contributed by atoms with Gasteiger partial charge in [0.2, 0.25) is 11.0 Å². The topological polar surface area (TPSA) is 80.0 Å². The molecule has 0 saturated carbocycles. The lowest BCUT2D eigenvalue weighted by Gasteiger charge is -2.02. The summed E-state index contributed by atoms with van der Waals surface area (Å²) in [6.07, 6.45) is 4.97. The van der Waals surface area contributed by atoms with Crippen LogP contribution in [0.3, 0.4) is 0 Å². The standard InChI is InChI=1S/C14H20N4O2S2/c1-2-3-4-7-15-12(19)10-21-14-18-17-13(22-14)16-9-11-6-5-8-20-11/h5-6,8H,2-4,7,9-10H2,1H3,(H,15,19)(H,16,17). The number of nitrogens with one attached hydrogen (secondary N) is 2. The van der Waals surface area contributed by atoms with E-state index in [1.165, 1.54) is 23.1 Å². The summed E-state index contributed by atoms with van der Waals surface area (Å²) in [6.45, 7) is 3.47. The third kappa shape index (κ3) is 6.07. The number of hydrogen-bond donors (Lipinski definition) is 2. The van der Waals surface area contributed by atoms with Gasteiger partial charge in [0.1, 0.15) is 5.76 Å². The molecule has 0 fully saturated rings. The van der Waals surface area contributed by atoms with E-state index in [2.05, 4.69) is 27.8 Å². The van der Waals surface area contributed by atoms with Crippen LogP contribution in [0.2, 0.25) is 0 Å². The minimum atomic E-state index is 0.0430. The van der Waals surface area contributed by atoms with Crippen LogP contribution in [0.5, 0.6) is 0 Å². The van der Waals surface area contributed by atoms with Gasteiger partial charge in [0, 0.05) is 6.54 Å². The van der Waals surface area contributed by atoms with Gasteiger partial charge in [0.25, 0.3) is 0 Å². The summed E-state index contributed by atoms with van der Waals surface area (Å²) >= 11 is 2.84. The highest BCUT2D eigenvalue weighted by atomic mass is 32.2. The van der Waals surface area contributed by atoms with E-state index in [-0.39, 0.29) is 5.91 Å². The lowest BCUT2D eigenvalue weighted by Crippen LogP contribution is -2.26. The number of nitrogens with zero attached hydrogens (tertiary/aromatic N) is 2. The smallest absolute Gasteiger partial charge is 0.230 e. The third-order valence-corrected chi connectivity index (χ3v) is 4.84. The zero-order valence-corrected chi connectivity index (χ0v) is 14.1. The van der Waals surface area contributed by atoms with Crippen molar-refractivity contribution in [2.75, 3.05) is 17.6 Å². The van der Waals surface area contributed by atoms with Gasteiger partial charge in [-0.1, -0.05) is 42.9 Å². The number of amides is 1. The second kappa shape index (κ2) is 9.47. The molecule has 2 aromatic heterocycles. The highest BCUT2D eigenvalue weighted by Gasteiger charge is 2.08. The molecule has 0 spiro atoms. The number of rotatable bonds is 10. The molecule has 120 valence electrons. The van der Waals surface area contributed by atoms with E-state index in [0.29, 0.717) is 12.3 Å². The van der Waals surface area contributed by atoms with Gasteiger partial charge in [0.15, 0.2) is 4.34 Å². The van der Waals surface area contributed by atoms with E-state index >= 15 is 0 Å². The van der Waals surface area contributed by atoms with Crippen molar-refractivity contribution in [3.63, 3.8) is 0 Å². The fraction of sp³-hybridized carbons (Fsp3) is 0.500. The molecule has 0 radical (unpaired) electrons. The molecule has 2 heterocycles. The Balaban J connectivity index is 1.65. The first kappa shape index (κ1) is 16.8. The predicted molar refractivity (Wildman–Crippen MR) is 89.2 cm³/mol. The van der Waals surface area contributed by atoms with Crippen LogP contribution in [0.1, 0.15) is 31.9 Å². The normalized spacial score (nSPS) is 10.6. The van der Waals surface area contributed by atoms with Crippen LogP contribution in [0.25, 0.3) is 0 Å². The van der Waals surface area contributed by atoms with E-state index < -0.39 is 0 Å². The number of hydrogen-bond acceptors (Lipinski definition) is 7. The SMILES string of the molecule is CCCCCNC(=O)CSc1nnc(NCc2ccco2)s1. The van der Waals surface area contributed by atoms with Crippen LogP contribution in [-0.4, -0.2) is 28.4 Å². The van der Waals surface area contributed by atoms with Crippen LogP contribution >= 0.6 is 23.1 Å². The fourth-order valence-electron chi connectivity index (χ4n) is 1.70. The molecule has 2 rings (SSSR count). The Labute approximate surface area is 138 Å². The van der Waals surface area contributed by atoms with Crippen molar-refractivity contribution in [1.29, 1.82) is 0 Å². The predicted octanol–water partition coefficient (Wildman–Crippen LogP) is 3.14. The third-order valence-electron chi connectivity index (χ3n) is 2.83. The Morgan fingerprint density at radius 2 is 2.32 bits per heavy atom. The average molecular weight is 340 g/mol. The summed E-state index contributed by atoms with van der Waals surface area (Å²) in [7, 11) is 0. The summed E-state index contributed by atoms with van der Waals surface area (Å²) in [5.74, 6) is 1.26. The molecule has 6 nitrogen and oxygen atoms in total. The summed E-state index contributed by atoms with van der Waals surface area (Å²) < 4.78 is 6.01. The Kier molecular flexibility index (Phi) is 7.24. The number of aromatic nitrogens is 2. The first-order chi connectivity index (χ1) is 10.8. The van der Waals surface area contributed by atoms with Crippen molar-refractivity contribution in [1.82, 2.24) is 15.5 Å². The summed E-state index contributed by atoms with van der Waals surface area (Å²) in [6, 6.07) is 3.74. The largest absolute Gasteiger partial charge is 0.467 e. The molecule has 2 aromatic rings. The summed E-state index contributed by atoms with van der Waals surface area (Å²) in [4.78, 5) is 11.7. The maximum atomic E-state index is 11.7.